The zero-order chi connectivity index (χ0) is 24.4. The average Bonchev–Trinajstić information content (AvgIpc) is 2.99. The van der Waals surface area contributed by atoms with E-state index in [1.165, 1.54) is 25.3 Å². The number of ether oxygens (including phenoxy) is 2. The second kappa shape index (κ2) is 9.54. The normalized spacial score (nSPS) is 20.2. The van der Waals surface area contributed by atoms with Crippen molar-refractivity contribution in [3.8, 4) is 17.2 Å². The van der Waals surface area contributed by atoms with Gasteiger partial charge in [0.15, 0.2) is 0 Å². The van der Waals surface area contributed by atoms with E-state index in [1.54, 1.807) is 25.1 Å². The third kappa shape index (κ3) is 6.00. The minimum atomic E-state index is -4.43. The summed E-state index contributed by atoms with van der Waals surface area (Å²) >= 11 is 3.58. The molecule has 2 aromatic rings. The lowest BCUT2D eigenvalue weighted by atomic mass is 9.87. The summed E-state index contributed by atoms with van der Waals surface area (Å²) in [5, 5.41) is 0. The number of hydrogen-bond donors (Lipinski definition) is 0. The molecule has 0 aromatic heterocycles. The Bertz CT molecular complexity index is 1140. The monoisotopic (exact) mass is 550 g/mol. The van der Waals surface area contributed by atoms with Gasteiger partial charge in [0, 0.05) is 18.1 Å². The summed E-state index contributed by atoms with van der Waals surface area (Å²) in [6.07, 6.45) is -5.87. The van der Waals surface area contributed by atoms with Crippen LogP contribution in [0.15, 0.2) is 42.5 Å². The molecule has 180 valence electrons. The summed E-state index contributed by atoms with van der Waals surface area (Å²) in [4.78, 5) is 12.1. The molecule has 11 heteroatoms. The first kappa shape index (κ1) is 25.4. The smallest absolute Gasteiger partial charge is 0.389 e. The second-order valence-electron chi connectivity index (χ2n) is 7.91. The van der Waals surface area contributed by atoms with E-state index in [2.05, 4.69) is 15.9 Å². The van der Waals surface area contributed by atoms with E-state index in [0.717, 1.165) is 11.1 Å². The van der Waals surface area contributed by atoms with Crippen LogP contribution in [0.4, 0.5) is 13.2 Å². The molecule has 3 rings (SSSR count). The summed E-state index contributed by atoms with van der Waals surface area (Å²) in [7, 11) is -2.87. The fourth-order valence-corrected chi connectivity index (χ4v) is 5.42. The third-order valence-electron chi connectivity index (χ3n) is 5.31. The van der Waals surface area contributed by atoms with Crippen molar-refractivity contribution in [3.05, 3.63) is 53.6 Å². The first-order valence-corrected chi connectivity index (χ1v) is 12.4. The van der Waals surface area contributed by atoms with Crippen molar-refractivity contribution in [2.45, 2.75) is 37.2 Å². The van der Waals surface area contributed by atoms with Gasteiger partial charge in [-0.15, -0.1) is 0 Å². The Morgan fingerprint density at radius 2 is 1.85 bits per heavy atom. The Hall–Kier alpha value is -2.27. The van der Waals surface area contributed by atoms with E-state index >= 15 is 0 Å². The molecule has 0 spiro atoms. The molecule has 0 aliphatic heterocycles. The van der Waals surface area contributed by atoms with Crippen LogP contribution < -0.4 is 8.92 Å². The molecule has 0 saturated heterocycles. The Morgan fingerprint density at radius 3 is 2.52 bits per heavy atom. The van der Waals surface area contributed by atoms with E-state index in [9.17, 15) is 26.4 Å². The van der Waals surface area contributed by atoms with E-state index < -0.39 is 40.3 Å². The SMILES string of the molecule is COC(=O)C1(C)Cc2c(Oc3cccc(OS(=O)(=O)CCCC(F)(F)F)c3)cccc2C1Br. The van der Waals surface area contributed by atoms with E-state index in [-0.39, 0.29) is 22.3 Å². The Balaban J connectivity index is 1.76. The first-order valence-electron chi connectivity index (χ1n) is 9.96. The molecule has 6 nitrogen and oxygen atoms in total. The third-order valence-corrected chi connectivity index (χ3v) is 8.05. The molecule has 1 aliphatic rings. The highest BCUT2D eigenvalue weighted by atomic mass is 79.9. The fourth-order valence-electron chi connectivity index (χ4n) is 3.67. The van der Waals surface area contributed by atoms with Gasteiger partial charge in [0.25, 0.3) is 0 Å². The van der Waals surface area contributed by atoms with Gasteiger partial charge in [-0.1, -0.05) is 34.1 Å². The molecule has 2 aromatic carbocycles. The molecule has 0 radical (unpaired) electrons. The zero-order valence-corrected chi connectivity index (χ0v) is 20.2. The zero-order valence-electron chi connectivity index (χ0n) is 17.8. The van der Waals surface area contributed by atoms with E-state index in [0.29, 0.717) is 12.2 Å². The van der Waals surface area contributed by atoms with Crippen LogP contribution in [0.25, 0.3) is 0 Å². The minimum absolute atomic E-state index is 0.0788. The van der Waals surface area contributed by atoms with Crippen LogP contribution >= 0.6 is 15.9 Å². The highest BCUT2D eigenvalue weighted by molar-refractivity contribution is 9.09. The van der Waals surface area contributed by atoms with Gasteiger partial charge in [-0.05, 0) is 43.5 Å². The maximum atomic E-state index is 12.4. The number of esters is 1. The van der Waals surface area contributed by atoms with Crippen LogP contribution in [0.3, 0.4) is 0 Å². The topological polar surface area (TPSA) is 78.9 Å². The lowest BCUT2D eigenvalue weighted by molar-refractivity contribution is -0.151. The van der Waals surface area contributed by atoms with Crippen molar-refractivity contribution in [1.82, 2.24) is 0 Å². The van der Waals surface area contributed by atoms with E-state index in [1.807, 2.05) is 6.07 Å². The first-order chi connectivity index (χ1) is 15.3. The molecule has 33 heavy (non-hydrogen) atoms. The Morgan fingerprint density at radius 1 is 1.18 bits per heavy atom. The quantitative estimate of drug-likeness (QED) is 0.238. The molecular weight excluding hydrogens is 529 g/mol. The fraction of sp³-hybridized carbons (Fsp3) is 0.409. The molecule has 0 heterocycles. The number of hydrogen-bond acceptors (Lipinski definition) is 6. The molecule has 0 N–H and O–H groups in total. The summed E-state index contributed by atoms with van der Waals surface area (Å²) < 4.78 is 76.7. The Kier molecular flexibility index (Phi) is 7.33. The molecule has 2 atom stereocenters. The maximum absolute atomic E-state index is 12.4. The predicted octanol–water partition coefficient (Wildman–Crippen LogP) is 5.70. The van der Waals surface area contributed by atoms with Crippen molar-refractivity contribution in [2.75, 3.05) is 12.9 Å². The number of halogens is 4. The van der Waals surface area contributed by atoms with Gasteiger partial charge in [0.05, 0.1) is 23.1 Å². The number of benzene rings is 2. The highest BCUT2D eigenvalue weighted by Gasteiger charge is 2.49. The predicted molar refractivity (Wildman–Crippen MR) is 118 cm³/mol. The molecule has 0 saturated carbocycles. The molecule has 0 fully saturated rings. The van der Waals surface area contributed by atoms with Gasteiger partial charge in [-0.2, -0.15) is 21.6 Å². The number of alkyl halides is 4. The van der Waals surface area contributed by atoms with Crippen LogP contribution in [0, 0.1) is 5.41 Å². The van der Waals surface area contributed by atoms with Gasteiger partial charge >= 0.3 is 22.3 Å². The van der Waals surface area contributed by atoms with Crippen molar-refractivity contribution in [1.29, 1.82) is 0 Å². The van der Waals surface area contributed by atoms with Crippen molar-refractivity contribution >= 4 is 32.0 Å². The van der Waals surface area contributed by atoms with Gasteiger partial charge < -0.3 is 13.7 Å². The average molecular weight is 551 g/mol. The largest absolute Gasteiger partial charge is 0.469 e. The lowest BCUT2D eigenvalue weighted by Crippen LogP contribution is -2.31. The number of fused-ring (bicyclic) bond motifs is 1. The molecule has 0 amide bonds. The second-order valence-corrected chi connectivity index (χ2v) is 10.5. The molecule has 2 unspecified atom stereocenters. The minimum Gasteiger partial charge on any atom is -0.469 e. The molecule has 1 aliphatic carbocycles. The number of methoxy groups -OCH3 is 1. The van der Waals surface area contributed by atoms with Crippen LogP contribution in [0.2, 0.25) is 0 Å². The van der Waals surface area contributed by atoms with Crippen LogP contribution in [-0.4, -0.2) is 33.4 Å². The van der Waals surface area contributed by atoms with Gasteiger partial charge in [0.1, 0.15) is 17.2 Å². The van der Waals surface area contributed by atoms with Crippen LogP contribution in [0.1, 0.15) is 35.7 Å². The standard InChI is InChI=1S/C22H22BrF3O6S/c1-21(20(27)30-2)13-17-16(19(21)23)8-4-9-18(17)31-14-6-3-7-15(12-14)32-33(28,29)11-5-10-22(24,25)26/h3-4,6-9,12,19H,5,10-11,13H2,1-2H3. The number of rotatable bonds is 8. The number of carbonyl (C=O) groups excluding carboxylic acids is 1. The van der Waals surface area contributed by atoms with Crippen molar-refractivity contribution < 1.29 is 40.0 Å². The van der Waals surface area contributed by atoms with E-state index in [4.69, 9.17) is 13.7 Å². The van der Waals surface area contributed by atoms with Gasteiger partial charge in [0.2, 0.25) is 0 Å². The van der Waals surface area contributed by atoms with Crippen LogP contribution in [-0.2, 0) is 26.1 Å². The van der Waals surface area contributed by atoms with Crippen molar-refractivity contribution in [3.63, 3.8) is 0 Å². The summed E-state index contributed by atoms with van der Waals surface area (Å²) in [6.45, 7) is 1.79. The van der Waals surface area contributed by atoms with Gasteiger partial charge in [-0.3, -0.25) is 4.79 Å². The van der Waals surface area contributed by atoms with Crippen molar-refractivity contribution in [2.24, 2.45) is 5.41 Å². The number of carbonyl (C=O) groups is 1. The molecular formula is C22H22BrF3O6S. The maximum Gasteiger partial charge on any atom is 0.389 e. The summed E-state index contributed by atoms with van der Waals surface area (Å²) in [5.41, 5.74) is 0.852. The molecule has 0 bridgehead atoms. The lowest BCUT2D eigenvalue weighted by Gasteiger charge is -2.24. The van der Waals surface area contributed by atoms with Gasteiger partial charge in [-0.25, -0.2) is 0 Å². The summed E-state index contributed by atoms with van der Waals surface area (Å²) in [6, 6.07) is 11.2. The van der Waals surface area contributed by atoms with Crippen LogP contribution in [0.5, 0.6) is 17.2 Å². The Labute approximate surface area is 198 Å². The highest BCUT2D eigenvalue weighted by Crippen LogP contribution is 2.54. The summed E-state index contributed by atoms with van der Waals surface area (Å²) in [5.74, 6) is -0.454.